The van der Waals surface area contributed by atoms with E-state index in [9.17, 15) is 9.90 Å². The van der Waals surface area contributed by atoms with Gasteiger partial charge in [0.1, 0.15) is 6.04 Å². The lowest BCUT2D eigenvalue weighted by Crippen LogP contribution is -2.29. The number of nitrogens with zero attached hydrogens (tertiary/aromatic N) is 1. The van der Waals surface area contributed by atoms with E-state index in [0.717, 1.165) is 11.1 Å². The fourth-order valence-electron chi connectivity index (χ4n) is 2.10. The second-order valence-corrected chi connectivity index (χ2v) is 5.67. The summed E-state index contributed by atoms with van der Waals surface area (Å²) in [5.41, 5.74) is 2.85. The number of aliphatic carboxylic acids is 1. The molecule has 1 atom stereocenters. The van der Waals surface area contributed by atoms with Gasteiger partial charge >= 0.3 is 5.97 Å². The number of hydrogen-bond donors (Lipinski definition) is 2. The van der Waals surface area contributed by atoms with Gasteiger partial charge < -0.3 is 10.4 Å². The van der Waals surface area contributed by atoms with Gasteiger partial charge in [0.2, 0.25) is 0 Å². The van der Waals surface area contributed by atoms with Gasteiger partial charge in [-0.2, -0.15) is 0 Å². The van der Waals surface area contributed by atoms with Gasteiger partial charge in [-0.05, 0) is 19.4 Å². The van der Waals surface area contributed by atoms with Crippen molar-refractivity contribution in [3.8, 4) is 12.3 Å². The number of hydrogen-bond acceptors (Lipinski definition) is 4. The monoisotopic (exact) mass is 300 g/mol. The normalized spacial score (nSPS) is 17.8. The molecule has 0 saturated carbocycles. The van der Waals surface area contributed by atoms with Crippen LogP contribution >= 0.6 is 11.8 Å². The Morgan fingerprint density at radius 1 is 1.43 bits per heavy atom. The van der Waals surface area contributed by atoms with Gasteiger partial charge in [0.05, 0.1) is 11.3 Å². The number of amidine groups is 1. The third-order valence-corrected chi connectivity index (χ3v) is 3.93. The highest BCUT2D eigenvalue weighted by Gasteiger charge is 2.28. The fraction of sp³-hybridized carbons (Fsp3) is 0.250. The summed E-state index contributed by atoms with van der Waals surface area (Å²) in [6.45, 7) is 3.73. The van der Waals surface area contributed by atoms with Crippen LogP contribution in [-0.4, -0.2) is 22.0 Å². The van der Waals surface area contributed by atoms with E-state index in [1.54, 1.807) is 6.92 Å². The van der Waals surface area contributed by atoms with Crippen molar-refractivity contribution in [3.05, 3.63) is 46.7 Å². The quantitative estimate of drug-likeness (QED) is 0.843. The molecule has 0 bridgehead atoms. The van der Waals surface area contributed by atoms with Crippen LogP contribution in [0.1, 0.15) is 24.1 Å². The van der Waals surface area contributed by atoms with Gasteiger partial charge in [-0.25, -0.2) is 9.79 Å². The number of aryl methyl sites for hydroxylation is 1. The van der Waals surface area contributed by atoms with E-state index in [1.165, 1.54) is 11.8 Å². The van der Waals surface area contributed by atoms with Crippen LogP contribution in [0.5, 0.6) is 0 Å². The number of rotatable bonds is 3. The second kappa shape index (κ2) is 6.51. The van der Waals surface area contributed by atoms with Crippen molar-refractivity contribution in [1.82, 2.24) is 5.32 Å². The molecule has 0 saturated heterocycles. The van der Waals surface area contributed by atoms with Gasteiger partial charge in [-0.3, -0.25) is 0 Å². The molecule has 0 amide bonds. The van der Waals surface area contributed by atoms with E-state index in [-0.39, 0.29) is 5.57 Å². The third-order valence-electron chi connectivity index (χ3n) is 3.13. The van der Waals surface area contributed by atoms with Crippen LogP contribution in [0, 0.1) is 19.3 Å². The Hall–Kier alpha value is -2.19. The molecule has 2 rings (SSSR count). The molecule has 1 aromatic rings. The molecular weight excluding hydrogens is 284 g/mol. The van der Waals surface area contributed by atoms with Crippen molar-refractivity contribution in [1.29, 1.82) is 0 Å². The lowest BCUT2D eigenvalue weighted by molar-refractivity contribution is -0.133. The molecule has 1 unspecified atom stereocenters. The molecule has 5 heteroatoms. The maximum atomic E-state index is 11.5. The summed E-state index contributed by atoms with van der Waals surface area (Å²) in [6, 6.07) is 7.22. The zero-order valence-electron chi connectivity index (χ0n) is 11.9. The summed E-state index contributed by atoms with van der Waals surface area (Å²) in [4.78, 5) is 16.0. The van der Waals surface area contributed by atoms with E-state index in [1.807, 2.05) is 31.2 Å². The summed E-state index contributed by atoms with van der Waals surface area (Å²) in [7, 11) is 0. The first-order valence-electron chi connectivity index (χ1n) is 6.44. The smallest absolute Gasteiger partial charge is 0.335 e. The Kier molecular flexibility index (Phi) is 4.71. The Morgan fingerprint density at radius 3 is 2.67 bits per heavy atom. The number of nitrogens with one attached hydrogen (secondary N) is 1. The van der Waals surface area contributed by atoms with Gasteiger partial charge in [-0.1, -0.05) is 47.5 Å². The van der Waals surface area contributed by atoms with Crippen molar-refractivity contribution in [2.45, 2.75) is 19.9 Å². The Bertz CT molecular complexity index is 654. The van der Waals surface area contributed by atoms with Crippen molar-refractivity contribution >= 4 is 22.9 Å². The van der Waals surface area contributed by atoms with Crippen molar-refractivity contribution < 1.29 is 9.90 Å². The van der Waals surface area contributed by atoms with Crippen LogP contribution in [0.15, 0.2) is 40.5 Å². The van der Waals surface area contributed by atoms with Crippen LogP contribution in [0.25, 0.3) is 0 Å². The first-order valence-corrected chi connectivity index (χ1v) is 7.43. The predicted molar refractivity (Wildman–Crippen MR) is 86.1 cm³/mol. The molecule has 1 heterocycles. The standard InChI is InChI=1S/C16H16N2O2S/c1-4-9-21-16-17-11(3)13(15(19)20)14(18-16)12-7-5-10(2)6-8-12/h1,5-8,14H,9H2,2-3H3,(H,17,18)(H,19,20). The van der Waals surface area contributed by atoms with Crippen LogP contribution in [-0.2, 0) is 4.79 Å². The van der Waals surface area contributed by atoms with E-state index in [2.05, 4.69) is 16.2 Å². The Morgan fingerprint density at radius 2 is 2.10 bits per heavy atom. The molecule has 21 heavy (non-hydrogen) atoms. The molecule has 0 spiro atoms. The topological polar surface area (TPSA) is 61.7 Å². The highest BCUT2D eigenvalue weighted by Crippen LogP contribution is 2.32. The van der Waals surface area contributed by atoms with Gasteiger partial charge in [-0.15, -0.1) is 6.42 Å². The van der Waals surface area contributed by atoms with Crippen molar-refractivity contribution in [2.24, 2.45) is 4.99 Å². The molecule has 1 aliphatic rings. The Balaban J connectivity index is 2.41. The first-order chi connectivity index (χ1) is 10.0. The minimum absolute atomic E-state index is 0.268. The molecule has 0 fully saturated rings. The zero-order chi connectivity index (χ0) is 15.4. The van der Waals surface area contributed by atoms with Crippen LogP contribution in [0.4, 0.5) is 0 Å². The molecule has 1 aromatic carbocycles. The highest BCUT2D eigenvalue weighted by atomic mass is 32.2. The third kappa shape index (κ3) is 3.47. The van der Waals surface area contributed by atoms with Gasteiger partial charge in [0, 0.05) is 5.70 Å². The second-order valence-electron chi connectivity index (χ2n) is 4.71. The summed E-state index contributed by atoms with van der Waals surface area (Å²) in [6.07, 6.45) is 5.26. The number of carboxylic acids is 1. The molecule has 108 valence electrons. The fourth-order valence-corrected chi connectivity index (χ4v) is 2.72. The van der Waals surface area contributed by atoms with Crippen LogP contribution < -0.4 is 5.32 Å². The number of carboxylic acid groups (broad SMARTS) is 1. The number of allylic oxidation sites excluding steroid dienone is 1. The largest absolute Gasteiger partial charge is 0.478 e. The number of aliphatic imine (C=N–C) groups is 1. The molecule has 2 N–H and O–H groups in total. The van der Waals surface area contributed by atoms with E-state index < -0.39 is 12.0 Å². The molecule has 0 radical (unpaired) electrons. The number of thioether (sulfide) groups is 1. The van der Waals surface area contributed by atoms with E-state index >= 15 is 0 Å². The summed E-state index contributed by atoms with van der Waals surface area (Å²) in [5.74, 6) is 2.06. The highest BCUT2D eigenvalue weighted by molar-refractivity contribution is 8.14. The van der Waals surface area contributed by atoms with Crippen molar-refractivity contribution in [3.63, 3.8) is 0 Å². The Labute approximate surface area is 128 Å². The van der Waals surface area contributed by atoms with Gasteiger partial charge in [0.15, 0.2) is 5.17 Å². The predicted octanol–water partition coefficient (Wildman–Crippen LogP) is 2.72. The first kappa shape index (κ1) is 15.2. The molecule has 0 aliphatic carbocycles. The zero-order valence-corrected chi connectivity index (χ0v) is 12.7. The van der Waals surface area contributed by atoms with Crippen LogP contribution in [0.2, 0.25) is 0 Å². The number of terminal acetylenes is 1. The maximum absolute atomic E-state index is 11.5. The minimum atomic E-state index is -0.963. The summed E-state index contributed by atoms with van der Waals surface area (Å²) >= 11 is 1.39. The summed E-state index contributed by atoms with van der Waals surface area (Å²) < 4.78 is 0. The van der Waals surface area contributed by atoms with E-state index in [0.29, 0.717) is 16.6 Å². The van der Waals surface area contributed by atoms with Crippen molar-refractivity contribution in [2.75, 3.05) is 5.75 Å². The van der Waals surface area contributed by atoms with Crippen LogP contribution in [0.3, 0.4) is 0 Å². The molecular formula is C16H16N2O2S. The van der Waals surface area contributed by atoms with E-state index in [4.69, 9.17) is 6.42 Å². The summed E-state index contributed by atoms with van der Waals surface area (Å²) in [5, 5.41) is 13.1. The minimum Gasteiger partial charge on any atom is -0.478 e. The average Bonchev–Trinajstić information content (AvgIpc) is 2.44. The average molecular weight is 300 g/mol. The molecule has 4 nitrogen and oxygen atoms in total. The lowest BCUT2D eigenvalue weighted by Gasteiger charge is -2.24. The molecule has 0 aromatic heterocycles. The SMILES string of the molecule is C#CCSC1=NC(c2ccc(C)cc2)C(C(=O)O)=C(C)N1. The van der Waals surface area contributed by atoms with Gasteiger partial charge in [0.25, 0.3) is 0 Å². The number of benzene rings is 1. The lowest BCUT2D eigenvalue weighted by atomic mass is 9.96. The number of carbonyl (C=O) groups is 1. The molecule has 1 aliphatic heterocycles. The maximum Gasteiger partial charge on any atom is 0.335 e.